The number of hydrogen-bond acceptors (Lipinski definition) is 4. The summed E-state index contributed by atoms with van der Waals surface area (Å²) in [5.41, 5.74) is 0.00724. The molecule has 0 amide bonds. The second kappa shape index (κ2) is 6.97. The minimum atomic E-state index is -4.32. The lowest BCUT2D eigenvalue weighted by Crippen LogP contribution is -2.12. The zero-order valence-electron chi connectivity index (χ0n) is 11.5. The Bertz CT molecular complexity index is 570. The zero-order chi connectivity index (χ0) is 16.3. The summed E-state index contributed by atoms with van der Waals surface area (Å²) >= 11 is 0. The van der Waals surface area contributed by atoms with E-state index in [9.17, 15) is 21.6 Å². The Hall–Kier alpha value is -0.800. The lowest BCUT2D eigenvalue weighted by atomic mass is 10.2. The summed E-state index contributed by atoms with van der Waals surface area (Å²) in [5, 5.41) is 4.00. The maximum atomic E-state index is 12.0. The fraction of sp³-hybridized carbons (Fsp3) is 0.727. The predicted octanol–water partition coefficient (Wildman–Crippen LogP) is 2.94. The van der Waals surface area contributed by atoms with Crippen molar-refractivity contribution >= 4 is 19.7 Å². The molecule has 0 unspecified atom stereocenters. The van der Waals surface area contributed by atoms with Gasteiger partial charge in [-0.05, 0) is 5.92 Å². The van der Waals surface area contributed by atoms with Gasteiger partial charge in [0.1, 0.15) is 10.6 Å². The van der Waals surface area contributed by atoms with E-state index in [0.717, 1.165) is 0 Å². The van der Waals surface area contributed by atoms with Gasteiger partial charge in [0.25, 0.3) is 9.05 Å². The van der Waals surface area contributed by atoms with E-state index in [4.69, 9.17) is 15.4 Å². The number of rotatable bonds is 7. The average Bonchev–Trinajstić information content (AvgIpc) is 2.65. The van der Waals surface area contributed by atoms with E-state index in [1.807, 2.05) is 13.8 Å². The Balaban J connectivity index is 2.77. The van der Waals surface area contributed by atoms with Crippen LogP contribution < -0.4 is 0 Å². The van der Waals surface area contributed by atoms with Crippen molar-refractivity contribution in [2.45, 2.75) is 44.5 Å². The van der Waals surface area contributed by atoms with Crippen LogP contribution in [0.1, 0.15) is 26.0 Å². The molecule has 1 aromatic rings. The standard InChI is InChI=1S/C11H16ClF3N2O3S/c1-8(2)5-17-6-10(21(12,18)19)9(16-17)7-20-4-3-11(13,14)15/h6,8H,3-5,7H2,1-2H3. The molecular weight excluding hydrogens is 333 g/mol. The molecule has 10 heteroatoms. The smallest absolute Gasteiger partial charge is 0.375 e. The zero-order valence-corrected chi connectivity index (χ0v) is 13.1. The van der Waals surface area contributed by atoms with Gasteiger partial charge in [-0.1, -0.05) is 13.8 Å². The molecule has 0 aliphatic heterocycles. The molecule has 0 N–H and O–H groups in total. The van der Waals surface area contributed by atoms with E-state index in [2.05, 4.69) is 5.10 Å². The van der Waals surface area contributed by atoms with Crippen molar-refractivity contribution in [3.8, 4) is 0 Å². The van der Waals surface area contributed by atoms with E-state index in [1.165, 1.54) is 10.9 Å². The second-order valence-electron chi connectivity index (χ2n) is 4.91. The number of hydrogen-bond donors (Lipinski definition) is 0. The Morgan fingerprint density at radius 3 is 2.52 bits per heavy atom. The molecule has 0 aromatic carbocycles. The Morgan fingerprint density at radius 1 is 1.43 bits per heavy atom. The van der Waals surface area contributed by atoms with Gasteiger partial charge in [0.2, 0.25) is 0 Å². The van der Waals surface area contributed by atoms with Gasteiger partial charge in [0.05, 0.1) is 19.6 Å². The first-order valence-corrected chi connectivity index (χ1v) is 8.45. The lowest BCUT2D eigenvalue weighted by molar-refractivity contribution is -0.146. The summed E-state index contributed by atoms with van der Waals surface area (Å²) in [6.45, 7) is 3.37. The molecule has 5 nitrogen and oxygen atoms in total. The minimum Gasteiger partial charge on any atom is -0.375 e. The SMILES string of the molecule is CC(C)Cn1cc(S(=O)(=O)Cl)c(COCCC(F)(F)F)n1. The minimum absolute atomic E-state index is 0.00724. The van der Waals surface area contributed by atoms with E-state index in [-0.39, 0.29) is 23.1 Å². The van der Waals surface area contributed by atoms with Crippen LogP contribution in [-0.2, 0) is 26.9 Å². The molecule has 21 heavy (non-hydrogen) atoms. The van der Waals surface area contributed by atoms with E-state index in [1.54, 1.807) is 0 Å². The molecule has 0 aliphatic carbocycles. The van der Waals surface area contributed by atoms with E-state index >= 15 is 0 Å². The van der Waals surface area contributed by atoms with Gasteiger partial charge in [0, 0.05) is 23.4 Å². The number of ether oxygens (including phenoxy) is 1. The fourth-order valence-electron chi connectivity index (χ4n) is 1.57. The molecular formula is C11H16ClF3N2O3S. The highest BCUT2D eigenvalue weighted by atomic mass is 35.7. The van der Waals surface area contributed by atoms with Crippen molar-refractivity contribution in [2.75, 3.05) is 6.61 Å². The maximum Gasteiger partial charge on any atom is 0.391 e. The highest BCUT2D eigenvalue weighted by molar-refractivity contribution is 8.13. The number of alkyl halides is 3. The first-order chi connectivity index (χ1) is 9.49. The fourth-order valence-corrected chi connectivity index (χ4v) is 2.59. The molecule has 0 aliphatic rings. The molecule has 0 fully saturated rings. The summed E-state index contributed by atoms with van der Waals surface area (Å²) in [6.07, 6.45) is -4.17. The van der Waals surface area contributed by atoms with Gasteiger partial charge in [-0.3, -0.25) is 4.68 Å². The van der Waals surface area contributed by atoms with Gasteiger partial charge < -0.3 is 4.74 Å². The molecule has 1 heterocycles. The lowest BCUT2D eigenvalue weighted by Gasteiger charge is -2.06. The molecule has 122 valence electrons. The van der Waals surface area contributed by atoms with Gasteiger partial charge in [-0.15, -0.1) is 0 Å². The van der Waals surface area contributed by atoms with Crippen LogP contribution in [0.4, 0.5) is 13.2 Å². The largest absolute Gasteiger partial charge is 0.391 e. The third-order valence-electron chi connectivity index (χ3n) is 2.38. The highest BCUT2D eigenvalue weighted by Crippen LogP contribution is 2.22. The Kier molecular flexibility index (Phi) is 6.06. The number of halogens is 4. The van der Waals surface area contributed by atoms with Crippen LogP contribution in [0.5, 0.6) is 0 Å². The Morgan fingerprint density at radius 2 is 2.05 bits per heavy atom. The van der Waals surface area contributed by atoms with Crippen LogP contribution in [-0.4, -0.2) is 31.0 Å². The van der Waals surface area contributed by atoms with Gasteiger partial charge in [-0.2, -0.15) is 18.3 Å². The quantitative estimate of drug-likeness (QED) is 0.561. The third kappa shape index (κ3) is 6.66. The molecule has 1 rings (SSSR count). The summed E-state index contributed by atoms with van der Waals surface area (Å²) in [4.78, 5) is -0.239. The first-order valence-electron chi connectivity index (χ1n) is 6.14. The monoisotopic (exact) mass is 348 g/mol. The van der Waals surface area contributed by atoms with Crippen LogP contribution >= 0.6 is 10.7 Å². The van der Waals surface area contributed by atoms with E-state index in [0.29, 0.717) is 6.54 Å². The molecule has 0 radical (unpaired) electrons. The Labute approximate surface area is 125 Å². The van der Waals surface area contributed by atoms with Crippen LogP contribution in [0.2, 0.25) is 0 Å². The van der Waals surface area contributed by atoms with Crippen molar-refractivity contribution in [3.05, 3.63) is 11.9 Å². The maximum absolute atomic E-state index is 12.0. The summed E-state index contributed by atoms with van der Waals surface area (Å²) in [5.74, 6) is 0.217. The third-order valence-corrected chi connectivity index (χ3v) is 3.75. The van der Waals surface area contributed by atoms with Gasteiger partial charge >= 0.3 is 6.18 Å². The predicted molar refractivity (Wildman–Crippen MR) is 70.4 cm³/mol. The van der Waals surface area contributed by atoms with Gasteiger partial charge in [0.15, 0.2) is 0 Å². The van der Waals surface area contributed by atoms with Crippen molar-refractivity contribution in [1.29, 1.82) is 0 Å². The highest BCUT2D eigenvalue weighted by Gasteiger charge is 2.27. The molecule has 0 atom stereocenters. The molecule has 1 aromatic heterocycles. The first kappa shape index (κ1) is 18.2. The summed E-state index contributed by atoms with van der Waals surface area (Å²) < 4.78 is 65.0. The van der Waals surface area contributed by atoms with Crippen molar-refractivity contribution < 1.29 is 26.3 Å². The van der Waals surface area contributed by atoms with Crippen LogP contribution in [0, 0.1) is 5.92 Å². The average molecular weight is 349 g/mol. The molecule has 0 saturated carbocycles. The molecule has 0 bridgehead atoms. The van der Waals surface area contributed by atoms with Gasteiger partial charge in [-0.25, -0.2) is 8.42 Å². The normalized spacial score (nSPS) is 13.1. The van der Waals surface area contributed by atoms with Crippen molar-refractivity contribution in [2.24, 2.45) is 5.92 Å². The van der Waals surface area contributed by atoms with Crippen LogP contribution in [0.15, 0.2) is 11.1 Å². The molecule has 0 saturated heterocycles. The van der Waals surface area contributed by atoms with Crippen molar-refractivity contribution in [1.82, 2.24) is 9.78 Å². The summed E-state index contributed by atoms with van der Waals surface area (Å²) in [7, 11) is 1.26. The van der Waals surface area contributed by atoms with Crippen LogP contribution in [0.3, 0.4) is 0 Å². The number of aromatic nitrogens is 2. The second-order valence-corrected chi connectivity index (χ2v) is 7.45. The summed E-state index contributed by atoms with van der Waals surface area (Å²) in [6, 6.07) is 0. The topological polar surface area (TPSA) is 61.2 Å². The van der Waals surface area contributed by atoms with E-state index < -0.39 is 28.3 Å². The number of nitrogens with zero attached hydrogens (tertiary/aromatic N) is 2. The molecule has 0 spiro atoms. The van der Waals surface area contributed by atoms with Crippen LogP contribution in [0.25, 0.3) is 0 Å². The van der Waals surface area contributed by atoms with Crippen molar-refractivity contribution in [3.63, 3.8) is 0 Å².